The lowest BCUT2D eigenvalue weighted by atomic mass is 9.61. The third-order valence-corrected chi connectivity index (χ3v) is 3.96. The predicted molar refractivity (Wildman–Crippen MR) is 55.1 cm³/mol. The first kappa shape index (κ1) is 8.94. The fraction of sp³-hybridized carbons (Fsp3) is 0.833. The van der Waals surface area contributed by atoms with Crippen molar-refractivity contribution in [2.45, 2.75) is 45.6 Å². The topological polar surface area (TPSA) is 3.24 Å². The summed E-state index contributed by atoms with van der Waals surface area (Å²) in [5.74, 6) is 0.707. The average Bonchev–Trinajstić information content (AvgIpc) is 2.41. The van der Waals surface area contributed by atoms with E-state index < -0.39 is 0 Å². The van der Waals surface area contributed by atoms with Gasteiger partial charge in [-0.3, -0.25) is 0 Å². The highest BCUT2D eigenvalue weighted by Crippen LogP contribution is 2.54. The summed E-state index contributed by atoms with van der Waals surface area (Å²) in [6.45, 7) is 5.74. The van der Waals surface area contributed by atoms with E-state index in [0.717, 1.165) is 6.54 Å². The normalized spacial score (nSPS) is 30.6. The van der Waals surface area contributed by atoms with Crippen LogP contribution >= 0.6 is 0 Å². The number of likely N-dealkylation sites (tertiary alicyclic amines) is 1. The van der Waals surface area contributed by atoms with E-state index in [-0.39, 0.29) is 0 Å². The third kappa shape index (κ3) is 1.15. The highest BCUT2D eigenvalue weighted by atomic mass is 15.2. The van der Waals surface area contributed by atoms with Gasteiger partial charge in [-0.05, 0) is 30.6 Å². The van der Waals surface area contributed by atoms with Crippen molar-refractivity contribution < 1.29 is 0 Å². The van der Waals surface area contributed by atoms with Crippen molar-refractivity contribution in [3.8, 4) is 12.5 Å². The second-order valence-electron chi connectivity index (χ2n) is 4.98. The molecule has 1 heterocycles. The van der Waals surface area contributed by atoms with Crippen LogP contribution in [-0.2, 0) is 0 Å². The molecule has 2 fully saturated rings. The van der Waals surface area contributed by atoms with Crippen LogP contribution in [0.25, 0.3) is 0 Å². The highest BCUT2D eigenvalue weighted by molar-refractivity contribution is 5.09. The molecule has 1 saturated carbocycles. The minimum absolute atomic E-state index is 0.612. The molecule has 0 amide bonds. The Morgan fingerprint density at radius 2 is 2.08 bits per heavy atom. The average molecular weight is 177 g/mol. The van der Waals surface area contributed by atoms with Crippen molar-refractivity contribution >= 4 is 0 Å². The van der Waals surface area contributed by atoms with E-state index in [1.807, 2.05) is 0 Å². The maximum atomic E-state index is 5.54. The van der Waals surface area contributed by atoms with Gasteiger partial charge in [0, 0.05) is 18.6 Å². The lowest BCUT2D eigenvalue weighted by Gasteiger charge is -2.46. The van der Waals surface area contributed by atoms with Gasteiger partial charge in [-0.1, -0.05) is 26.7 Å². The van der Waals surface area contributed by atoms with E-state index in [2.05, 4.69) is 24.8 Å². The Morgan fingerprint density at radius 3 is 2.46 bits per heavy atom. The molecule has 1 atom stereocenters. The molecular weight excluding hydrogens is 158 g/mol. The second-order valence-corrected chi connectivity index (χ2v) is 4.98. The zero-order valence-electron chi connectivity index (χ0n) is 8.71. The van der Waals surface area contributed by atoms with E-state index in [1.54, 1.807) is 0 Å². The van der Waals surface area contributed by atoms with E-state index in [1.165, 1.54) is 25.7 Å². The van der Waals surface area contributed by atoms with Gasteiger partial charge in [-0.15, -0.1) is 0 Å². The molecule has 1 unspecified atom stereocenters. The third-order valence-electron chi connectivity index (χ3n) is 3.96. The van der Waals surface area contributed by atoms with Crippen LogP contribution in [0, 0.1) is 23.8 Å². The Bertz CT molecular complexity index is 232. The minimum atomic E-state index is 0.612. The fourth-order valence-electron chi connectivity index (χ4n) is 3.35. The lowest BCUT2D eigenvalue weighted by molar-refractivity contribution is 0.0603. The molecule has 72 valence electrons. The number of nitrogens with zero attached hydrogens (tertiary/aromatic N) is 1. The summed E-state index contributed by atoms with van der Waals surface area (Å²) in [4.78, 5) is 2.24. The van der Waals surface area contributed by atoms with Gasteiger partial charge >= 0.3 is 0 Å². The van der Waals surface area contributed by atoms with Crippen LogP contribution in [0.5, 0.6) is 0 Å². The van der Waals surface area contributed by atoms with Crippen LogP contribution in [0.15, 0.2) is 0 Å². The molecule has 1 aliphatic heterocycles. The van der Waals surface area contributed by atoms with Crippen LogP contribution < -0.4 is 0 Å². The minimum Gasteiger partial charge on any atom is -0.329 e. The molecule has 1 nitrogen and oxygen atoms in total. The summed E-state index contributed by atoms with van der Waals surface area (Å²) in [7, 11) is 0. The summed E-state index contributed by atoms with van der Waals surface area (Å²) in [5.41, 5.74) is 0.612. The number of terminal acetylenes is 1. The SMILES string of the molecule is C#CN1CCC2(CCC2)C1C(C)C. The van der Waals surface area contributed by atoms with Gasteiger partial charge in [-0.25, -0.2) is 0 Å². The number of hydrogen-bond donors (Lipinski definition) is 0. The summed E-state index contributed by atoms with van der Waals surface area (Å²) >= 11 is 0. The van der Waals surface area contributed by atoms with Crippen molar-refractivity contribution in [1.29, 1.82) is 0 Å². The molecule has 1 saturated heterocycles. The first-order chi connectivity index (χ1) is 6.19. The Labute approximate surface area is 81.5 Å². The number of rotatable bonds is 1. The van der Waals surface area contributed by atoms with Crippen LogP contribution in [0.2, 0.25) is 0 Å². The van der Waals surface area contributed by atoms with Crippen molar-refractivity contribution in [2.24, 2.45) is 11.3 Å². The summed E-state index contributed by atoms with van der Waals surface area (Å²) < 4.78 is 0. The van der Waals surface area contributed by atoms with Crippen molar-refractivity contribution in [3.05, 3.63) is 0 Å². The standard InChI is InChI=1S/C12H19N/c1-4-13-9-8-12(6-5-7-12)11(13)10(2)3/h1,10-11H,5-9H2,2-3H3. The molecule has 13 heavy (non-hydrogen) atoms. The van der Waals surface area contributed by atoms with Gasteiger partial charge in [-0.2, -0.15) is 0 Å². The van der Waals surface area contributed by atoms with Crippen molar-refractivity contribution in [3.63, 3.8) is 0 Å². The van der Waals surface area contributed by atoms with Crippen LogP contribution in [0.1, 0.15) is 39.5 Å². The molecule has 0 aromatic carbocycles. The maximum absolute atomic E-state index is 5.54. The maximum Gasteiger partial charge on any atom is 0.0451 e. The van der Waals surface area contributed by atoms with E-state index in [0.29, 0.717) is 17.4 Å². The Balaban J connectivity index is 2.19. The van der Waals surface area contributed by atoms with Crippen LogP contribution in [-0.4, -0.2) is 17.5 Å². The van der Waals surface area contributed by atoms with E-state index in [4.69, 9.17) is 6.42 Å². The van der Waals surface area contributed by atoms with E-state index in [9.17, 15) is 0 Å². The zero-order valence-corrected chi connectivity index (χ0v) is 8.71. The summed E-state index contributed by atoms with van der Waals surface area (Å²) in [5, 5.41) is 0. The molecule has 1 aliphatic carbocycles. The summed E-state index contributed by atoms with van der Waals surface area (Å²) in [6, 6.07) is 3.51. The molecule has 0 N–H and O–H groups in total. The molecule has 1 spiro atoms. The predicted octanol–water partition coefficient (Wildman–Crippen LogP) is 2.48. The largest absolute Gasteiger partial charge is 0.329 e. The molecule has 0 radical (unpaired) electrons. The smallest absolute Gasteiger partial charge is 0.0451 e. The molecule has 2 rings (SSSR count). The quantitative estimate of drug-likeness (QED) is 0.556. The van der Waals surface area contributed by atoms with Gasteiger partial charge < -0.3 is 4.90 Å². The van der Waals surface area contributed by atoms with Gasteiger partial charge in [0.05, 0.1) is 0 Å². The molecule has 0 bridgehead atoms. The number of hydrogen-bond acceptors (Lipinski definition) is 1. The molecular formula is C12H19N. The van der Waals surface area contributed by atoms with Crippen molar-refractivity contribution in [2.75, 3.05) is 6.54 Å². The Morgan fingerprint density at radius 1 is 1.38 bits per heavy atom. The van der Waals surface area contributed by atoms with Crippen LogP contribution in [0.4, 0.5) is 0 Å². The first-order valence-corrected chi connectivity index (χ1v) is 5.42. The molecule has 0 aromatic rings. The van der Waals surface area contributed by atoms with E-state index >= 15 is 0 Å². The monoisotopic (exact) mass is 177 g/mol. The Kier molecular flexibility index (Phi) is 2.02. The lowest BCUT2D eigenvalue weighted by Crippen LogP contribution is -2.45. The zero-order chi connectivity index (χ0) is 9.47. The van der Waals surface area contributed by atoms with Gasteiger partial charge in [0.2, 0.25) is 0 Å². The first-order valence-electron chi connectivity index (χ1n) is 5.42. The molecule has 2 aliphatic rings. The highest BCUT2D eigenvalue weighted by Gasteiger charge is 2.51. The molecule has 0 aromatic heterocycles. The fourth-order valence-corrected chi connectivity index (χ4v) is 3.35. The molecule has 1 heteroatoms. The van der Waals surface area contributed by atoms with Crippen LogP contribution in [0.3, 0.4) is 0 Å². The van der Waals surface area contributed by atoms with Gasteiger partial charge in [0.15, 0.2) is 0 Å². The second kappa shape index (κ2) is 2.94. The Hall–Kier alpha value is -0.640. The van der Waals surface area contributed by atoms with Gasteiger partial charge in [0.25, 0.3) is 0 Å². The van der Waals surface area contributed by atoms with Gasteiger partial charge in [0.1, 0.15) is 0 Å². The van der Waals surface area contributed by atoms with Crippen molar-refractivity contribution in [1.82, 2.24) is 4.90 Å². The summed E-state index contributed by atoms with van der Waals surface area (Å²) in [6.07, 6.45) is 11.1.